The summed E-state index contributed by atoms with van der Waals surface area (Å²) in [6.07, 6.45) is 0.468. The van der Waals surface area contributed by atoms with Gasteiger partial charge in [-0.3, -0.25) is 4.79 Å². The zero-order valence-electron chi connectivity index (χ0n) is 9.61. The first-order chi connectivity index (χ1) is 8.06. The zero-order chi connectivity index (χ0) is 12.9. The van der Waals surface area contributed by atoms with E-state index < -0.39 is 5.54 Å². The van der Waals surface area contributed by atoms with Crippen LogP contribution in [0.3, 0.4) is 0 Å². The van der Waals surface area contributed by atoms with Crippen molar-refractivity contribution in [2.24, 2.45) is 0 Å². The van der Waals surface area contributed by atoms with Crippen LogP contribution in [0.1, 0.15) is 23.7 Å². The third-order valence-electron chi connectivity index (χ3n) is 2.75. The van der Waals surface area contributed by atoms with Gasteiger partial charge in [0.25, 0.3) is 5.91 Å². The van der Waals surface area contributed by atoms with Gasteiger partial charge in [0.15, 0.2) is 0 Å². The first-order valence-electron chi connectivity index (χ1n) is 5.36. The number of benzene rings is 1. The second-order valence-corrected chi connectivity index (χ2v) is 5.16. The standard InChI is InChI=1S/C12H16INO3/c1-2-12(7-15,8-16)14-11(17)9-4-3-5-10(13)6-9/h3-6,15-16H,2,7-8H2,1H3,(H,14,17). The van der Waals surface area contributed by atoms with Crippen LogP contribution in [0.25, 0.3) is 0 Å². The van der Waals surface area contributed by atoms with Crippen LogP contribution in [0.4, 0.5) is 0 Å². The van der Waals surface area contributed by atoms with Crippen LogP contribution in [-0.4, -0.2) is 34.9 Å². The Hall–Kier alpha value is -0.660. The van der Waals surface area contributed by atoms with Crippen molar-refractivity contribution in [1.82, 2.24) is 5.32 Å². The van der Waals surface area contributed by atoms with E-state index in [1.54, 1.807) is 18.2 Å². The van der Waals surface area contributed by atoms with Crippen LogP contribution < -0.4 is 5.32 Å². The molecule has 3 N–H and O–H groups in total. The van der Waals surface area contributed by atoms with Crippen molar-refractivity contribution in [2.75, 3.05) is 13.2 Å². The lowest BCUT2D eigenvalue weighted by molar-refractivity contribution is 0.0653. The summed E-state index contributed by atoms with van der Waals surface area (Å²) in [5, 5.41) is 21.2. The van der Waals surface area contributed by atoms with Gasteiger partial charge in [0.05, 0.1) is 18.8 Å². The Balaban J connectivity index is 2.84. The Morgan fingerprint density at radius 2 is 2.06 bits per heavy atom. The monoisotopic (exact) mass is 349 g/mol. The minimum absolute atomic E-state index is 0.282. The quantitative estimate of drug-likeness (QED) is 0.699. The predicted molar refractivity (Wildman–Crippen MR) is 73.8 cm³/mol. The van der Waals surface area contributed by atoms with Crippen molar-refractivity contribution in [3.8, 4) is 0 Å². The number of hydrogen-bond donors (Lipinski definition) is 3. The lowest BCUT2D eigenvalue weighted by atomic mass is 9.98. The molecule has 94 valence electrons. The van der Waals surface area contributed by atoms with Crippen LogP contribution in [0.5, 0.6) is 0 Å². The number of nitrogens with one attached hydrogen (secondary N) is 1. The van der Waals surface area contributed by atoms with Crippen molar-refractivity contribution in [3.05, 3.63) is 33.4 Å². The summed E-state index contributed by atoms with van der Waals surface area (Å²) in [6, 6.07) is 7.14. The molecule has 1 aromatic rings. The molecule has 0 aliphatic carbocycles. The zero-order valence-corrected chi connectivity index (χ0v) is 11.8. The van der Waals surface area contributed by atoms with Gasteiger partial charge in [0.1, 0.15) is 0 Å². The number of rotatable bonds is 5. The summed E-state index contributed by atoms with van der Waals surface area (Å²) in [4.78, 5) is 12.0. The van der Waals surface area contributed by atoms with Crippen molar-refractivity contribution >= 4 is 28.5 Å². The molecule has 0 radical (unpaired) electrons. The van der Waals surface area contributed by atoms with E-state index in [4.69, 9.17) is 0 Å². The molecule has 5 heteroatoms. The van der Waals surface area contributed by atoms with E-state index in [2.05, 4.69) is 27.9 Å². The van der Waals surface area contributed by atoms with E-state index in [-0.39, 0.29) is 19.1 Å². The summed E-state index contributed by atoms with van der Waals surface area (Å²) in [7, 11) is 0. The molecule has 17 heavy (non-hydrogen) atoms. The van der Waals surface area contributed by atoms with Gasteiger partial charge in [-0.15, -0.1) is 0 Å². The van der Waals surface area contributed by atoms with E-state index >= 15 is 0 Å². The molecular weight excluding hydrogens is 333 g/mol. The van der Waals surface area contributed by atoms with Gasteiger partial charge < -0.3 is 15.5 Å². The number of halogens is 1. The lowest BCUT2D eigenvalue weighted by Crippen LogP contribution is -2.53. The second kappa shape index (κ2) is 6.32. The van der Waals surface area contributed by atoms with E-state index in [1.807, 2.05) is 13.0 Å². The number of aliphatic hydroxyl groups excluding tert-OH is 2. The van der Waals surface area contributed by atoms with Crippen LogP contribution in [0.2, 0.25) is 0 Å². The van der Waals surface area contributed by atoms with Crippen LogP contribution in [0, 0.1) is 3.57 Å². The molecule has 0 atom stereocenters. The summed E-state index contributed by atoms with van der Waals surface area (Å²) in [5.41, 5.74) is -0.421. The maximum Gasteiger partial charge on any atom is 0.251 e. The fourth-order valence-electron chi connectivity index (χ4n) is 1.38. The molecule has 0 bridgehead atoms. The Bertz CT molecular complexity index is 383. The topological polar surface area (TPSA) is 69.6 Å². The molecule has 0 fully saturated rings. The van der Waals surface area contributed by atoms with Gasteiger partial charge in [0.2, 0.25) is 0 Å². The third kappa shape index (κ3) is 3.65. The summed E-state index contributed by atoms with van der Waals surface area (Å²) >= 11 is 2.13. The first-order valence-corrected chi connectivity index (χ1v) is 6.44. The molecule has 0 aliphatic heterocycles. The van der Waals surface area contributed by atoms with E-state index in [0.717, 1.165) is 3.57 Å². The van der Waals surface area contributed by atoms with E-state index in [9.17, 15) is 15.0 Å². The second-order valence-electron chi connectivity index (χ2n) is 3.91. The number of carbonyl (C=O) groups is 1. The molecular formula is C12H16INO3. The smallest absolute Gasteiger partial charge is 0.251 e. The van der Waals surface area contributed by atoms with Crippen LogP contribution in [-0.2, 0) is 0 Å². The molecule has 0 saturated carbocycles. The molecule has 0 heterocycles. The fourth-order valence-corrected chi connectivity index (χ4v) is 1.93. The van der Waals surface area contributed by atoms with Gasteiger partial charge in [-0.2, -0.15) is 0 Å². The molecule has 1 amide bonds. The molecule has 0 unspecified atom stereocenters. The first kappa shape index (κ1) is 14.4. The lowest BCUT2D eigenvalue weighted by Gasteiger charge is -2.29. The molecule has 1 aromatic carbocycles. The number of carbonyl (C=O) groups excluding carboxylic acids is 1. The number of hydrogen-bond acceptors (Lipinski definition) is 3. The highest BCUT2D eigenvalue weighted by atomic mass is 127. The Morgan fingerprint density at radius 1 is 1.41 bits per heavy atom. The highest BCUT2D eigenvalue weighted by Gasteiger charge is 2.28. The van der Waals surface area contributed by atoms with Crippen molar-refractivity contribution in [2.45, 2.75) is 18.9 Å². The Morgan fingerprint density at radius 3 is 2.53 bits per heavy atom. The minimum Gasteiger partial charge on any atom is -0.394 e. The SMILES string of the molecule is CCC(CO)(CO)NC(=O)c1cccc(I)c1. The van der Waals surface area contributed by atoms with Gasteiger partial charge in [-0.05, 0) is 47.2 Å². The van der Waals surface area contributed by atoms with E-state index in [0.29, 0.717) is 12.0 Å². The molecule has 0 spiro atoms. The molecule has 0 saturated heterocycles. The van der Waals surface area contributed by atoms with Gasteiger partial charge in [-0.25, -0.2) is 0 Å². The highest BCUT2D eigenvalue weighted by Crippen LogP contribution is 2.12. The highest BCUT2D eigenvalue weighted by molar-refractivity contribution is 14.1. The normalized spacial score (nSPS) is 11.3. The van der Waals surface area contributed by atoms with Gasteiger partial charge >= 0.3 is 0 Å². The number of amides is 1. The largest absolute Gasteiger partial charge is 0.394 e. The molecule has 0 aromatic heterocycles. The summed E-state index contributed by atoms with van der Waals surface area (Å²) in [6.45, 7) is 1.24. The van der Waals surface area contributed by atoms with Crippen LogP contribution >= 0.6 is 22.6 Å². The Labute approximate surface area is 114 Å². The van der Waals surface area contributed by atoms with Gasteiger partial charge in [0, 0.05) is 9.13 Å². The average Bonchev–Trinajstić information content (AvgIpc) is 2.36. The minimum atomic E-state index is -0.946. The number of aliphatic hydroxyl groups is 2. The average molecular weight is 349 g/mol. The third-order valence-corrected chi connectivity index (χ3v) is 3.42. The van der Waals surface area contributed by atoms with Crippen LogP contribution in [0.15, 0.2) is 24.3 Å². The van der Waals surface area contributed by atoms with Gasteiger partial charge in [-0.1, -0.05) is 13.0 Å². The van der Waals surface area contributed by atoms with Crippen molar-refractivity contribution in [1.29, 1.82) is 0 Å². The molecule has 0 aliphatic rings. The maximum atomic E-state index is 12.0. The summed E-state index contributed by atoms with van der Waals surface area (Å²) in [5.74, 6) is -0.284. The summed E-state index contributed by atoms with van der Waals surface area (Å²) < 4.78 is 0.963. The maximum absolute atomic E-state index is 12.0. The molecule has 4 nitrogen and oxygen atoms in total. The van der Waals surface area contributed by atoms with Crippen molar-refractivity contribution < 1.29 is 15.0 Å². The van der Waals surface area contributed by atoms with Crippen molar-refractivity contribution in [3.63, 3.8) is 0 Å². The Kier molecular flexibility index (Phi) is 5.35. The molecule has 1 rings (SSSR count). The fraction of sp³-hybridized carbons (Fsp3) is 0.417. The predicted octanol–water partition coefficient (Wildman–Crippen LogP) is 1.15. The van der Waals surface area contributed by atoms with E-state index in [1.165, 1.54) is 0 Å².